The van der Waals surface area contributed by atoms with Gasteiger partial charge in [0.05, 0.1) is 0 Å². The van der Waals surface area contributed by atoms with Crippen LogP contribution in [-0.2, 0) is 6.42 Å². The number of hydrogen-bond donors (Lipinski definition) is 1. The van der Waals surface area contributed by atoms with Crippen molar-refractivity contribution in [3.05, 3.63) is 114 Å². The van der Waals surface area contributed by atoms with E-state index in [0.29, 0.717) is 5.92 Å². The van der Waals surface area contributed by atoms with E-state index in [4.69, 9.17) is 0 Å². The summed E-state index contributed by atoms with van der Waals surface area (Å²) in [4.78, 5) is 3.63. The van der Waals surface area contributed by atoms with Crippen LogP contribution in [0.25, 0.3) is 60.9 Å². The lowest BCUT2D eigenvalue weighted by Gasteiger charge is -2.19. The van der Waals surface area contributed by atoms with E-state index in [2.05, 4.69) is 121 Å². The number of H-pyrrole nitrogens is 1. The summed E-state index contributed by atoms with van der Waals surface area (Å²) in [6, 6.07) is 35.6. The van der Waals surface area contributed by atoms with Crippen LogP contribution in [-0.4, -0.2) is 4.98 Å². The lowest BCUT2D eigenvalue weighted by atomic mass is 9.85. The quantitative estimate of drug-likeness (QED) is 0.279. The molecule has 0 bridgehead atoms. The topological polar surface area (TPSA) is 15.8 Å². The predicted octanol–water partition coefficient (Wildman–Crippen LogP) is 9.01. The van der Waals surface area contributed by atoms with Crippen molar-refractivity contribution in [3.8, 4) is 22.3 Å². The Balaban J connectivity index is 1.43. The van der Waals surface area contributed by atoms with Crippen LogP contribution >= 0.6 is 0 Å². The van der Waals surface area contributed by atoms with Crippen molar-refractivity contribution in [1.29, 1.82) is 0 Å². The van der Waals surface area contributed by atoms with Crippen molar-refractivity contribution in [2.75, 3.05) is 0 Å². The molecule has 0 amide bonds. The summed E-state index contributed by atoms with van der Waals surface area (Å²) in [7, 11) is 0. The maximum absolute atomic E-state index is 3.63. The molecule has 5 aromatic carbocycles. The Bertz CT molecular complexity index is 1740. The molecular formula is C33H25N. The second-order valence-corrected chi connectivity index (χ2v) is 9.59. The molecule has 0 radical (unpaired) electrons. The third-order valence-electron chi connectivity index (χ3n) is 7.35. The zero-order chi connectivity index (χ0) is 22.6. The number of rotatable bonds is 2. The Hall–Kier alpha value is -4.10. The van der Waals surface area contributed by atoms with Crippen molar-refractivity contribution < 1.29 is 0 Å². The number of nitrogens with one attached hydrogen (secondary N) is 1. The molecule has 1 aromatic heterocycles. The van der Waals surface area contributed by atoms with E-state index in [9.17, 15) is 0 Å². The largest absolute Gasteiger partial charge is 0.355 e. The van der Waals surface area contributed by atoms with E-state index in [-0.39, 0.29) is 0 Å². The summed E-state index contributed by atoms with van der Waals surface area (Å²) in [5, 5.41) is 5.13. The summed E-state index contributed by atoms with van der Waals surface area (Å²) in [6.45, 7) is 2.30. The average Bonchev–Trinajstić information content (AvgIpc) is 3.25. The summed E-state index contributed by atoms with van der Waals surface area (Å²) in [5.74, 6) is 0.578. The zero-order valence-corrected chi connectivity index (χ0v) is 19.2. The molecule has 1 nitrogen and oxygen atoms in total. The van der Waals surface area contributed by atoms with E-state index < -0.39 is 0 Å². The number of aromatic nitrogens is 1. The Labute approximate surface area is 199 Å². The minimum Gasteiger partial charge on any atom is -0.355 e. The molecule has 7 rings (SSSR count). The van der Waals surface area contributed by atoms with Crippen LogP contribution in [0.4, 0.5) is 0 Å². The Morgan fingerprint density at radius 1 is 0.647 bits per heavy atom. The number of aromatic amines is 1. The monoisotopic (exact) mass is 435 g/mol. The number of fused-ring (bicyclic) bond motifs is 5. The highest BCUT2D eigenvalue weighted by atomic mass is 14.7. The van der Waals surface area contributed by atoms with Gasteiger partial charge in [-0.05, 0) is 80.8 Å². The molecule has 0 aliphatic heterocycles. The van der Waals surface area contributed by atoms with Gasteiger partial charge in [0, 0.05) is 21.8 Å². The minimum atomic E-state index is 0.578. The first-order chi connectivity index (χ1) is 16.7. The van der Waals surface area contributed by atoms with Crippen LogP contribution < -0.4 is 0 Å². The third-order valence-corrected chi connectivity index (χ3v) is 7.35. The second kappa shape index (κ2) is 7.46. The van der Waals surface area contributed by atoms with Crippen LogP contribution in [0.2, 0.25) is 0 Å². The molecular weight excluding hydrogens is 410 g/mol. The molecule has 1 atom stereocenters. The van der Waals surface area contributed by atoms with E-state index in [1.54, 1.807) is 0 Å². The molecule has 34 heavy (non-hydrogen) atoms. The SMILES string of the molecule is CC1C=Cc2cccc(-c3ccc4[nH]c5ccc(-c6cccc7ccccc67)cc5c4c3)c2C1. The van der Waals surface area contributed by atoms with Crippen molar-refractivity contribution in [2.45, 2.75) is 13.3 Å². The van der Waals surface area contributed by atoms with E-state index in [0.717, 1.165) is 6.42 Å². The van der Waals surface area contributed by atoms with Gasteiger partial charge in [-0.25, -0.2) is 0 Å². The van der Waals surface area contributed by atoms with Crippen LogP contribution in [0.1, 0.15) is 18.1 Å². The van der Waals surface area contributed by atoms with Crippen molar-refractivity contribution in [3.63, 3.8) is 0 Å². The fourth-order valence-electron chi connectivity index (χ4n) is 5.63. The predicted molar refractivity (Wildman–Crippen MR) is 146 cm³/mol. The Morgan fingerprint density at radius 2 is 1.32 bits per heavy atom. The molecule has 1 aliphatic carbocycles. The summed E-state index contributed by atoms with van der Waals surface area (Å²) in [6.07, 6.45) is 5.70. The molecule has 1 aliphatic rings. The molecule has 6 aromatic rings. The molecule has 0 saturated heterocycles. The van der Waals surface area contributed by atoms with Gasteiger partial charge < -0.3 is 4.98 Å². The van der Waals surface area contributed by atoms with Crippen LogP contribution in [0, 0.1) is 5.92 Å². The van der Waals surface area contributed by atoms with Gasteiger partial charge >= 0.3 is 0 Å². The van der Waals surface area contributed by atoms with Gasteiger partial charge in [0.1, 0.15) is 0 Å². The molecule has 0 saturated carbocycles. The van der Waals surface area contributed by atoms with Gasteiger partial charge in [-0.3, -0.25) is 0 Å². The molecule has 1 heteroatoms. The number of benzene rings is 5. The van der Waals surface area contributed by atoms with E-state index in [1.807, 2.05) is 0 Å². The van der Waals surface area contributed by atoms with Gasteiger partial charge in [0.25, 0.3) is 0 Å². The number of allylic oxidation sites excluding steroid dienone is 1. The lowest BCUT2D eigenvalue weighted by molar-refractivity contribution is 0.718. The van der Waals surface area contributed by atoms with Crippen molar-refractivity contribution >= 4 is 38.7 Å². The van der Waals surface area contributed by atoms with E-state index >= 15 is 0 Å². The summed E-state index contributed by atoms with van der Waals surface area (Å²) < 4.78 is 0. The highest BCUT2D eigenvalue weighted by Crippen LogP contribution is 2.37. The first-order valence-electron chi connectivity index (χ1n) is 12.1. The first-order valence-corrected chi connectivity index (χ1v) is 12.1. The van der Waals surface area contributed by atoms with Gasteiger partial charge in [-0.15, -0.1) is 0 Å². The van der Waals surface area contributed by atoms with Gasteiger partial charge in [0.15, 0.2) is 0 Å². The fraction of sp³-hybridized carbons (Fsp3) is 0.0909. The standard InChI is InChI=1S/C33H25N/c1-21-12-13-23-8-5-11-28(29(23)18-21)25-15-17-33-31(20-25)30-19-24(14-16-32(30)34-33)27-10-4-7-22-6-2-3-9-26(22)27/h2-17,19-21,34H,18H2,1H3. The average molecular weight is 436 g/mol. The first kappa shape index (κ1) is 19.4. The second-order valence-electron chi connectivity index (χ2n) is 9.59. The molecule has 1 unspecified atom stereocenters. The summed E-state index contributed by atoms with van der Waals surface area (Å²) >= 11 is 0. The maximum Gasteiger partial charge on any atom is 0.0465 e. The van der Waals surface area contributed by atoms with Gasteiger partial charge in [-0.2, -0.15) is 0 Å². The zero-order valence-electron chi connectivity index (χ0n) is 19.2. The summed E-state index contributed by atoms with van der Waals surface area (Å²) in [5.41, 5.74) is 10.4. The number of hydrogen-bond acceptors (Lipinski definition) is 0. The molecule has 0 fully saturated rings. The van der Waals surface area contributed by atoms with Crippen LogP contribution in [0.15, 0.2) is 103 Å². The third kappa shape index (κ3) is 3.01. The fourth-order valence-corrected chi connectivity index (χ4v) is 5.63. The highest BCUT2D eigenvalue weighted by molar-refractivity contribution is 6.10. The van der Waals surface area contributed by atoms with Gasteiger partial charge in [-0.1, -0.05) is 91.9 Å². The molecule has 1 heterocycles. The highest BCUT2D eigenvalue weighted by Gasteiger charge is 2.16. The van der Waals surface area contributed by atoms with Gasteiger partial charge in [0.2, 0.25) is 0 Å². The lowest BCUT2D eigenvalue weighted by Crippen LogP contribution is -2.05. The van der Waals surface area contributed by atoms with Crippen LogP contribution in [0.3, 0.4) is 0 Å². The Kier molecular flexibility index (Phi) is 4.25. The molecule has 162 valence electrons. The minimum absolute atomic E-state index is 0.578. The Morgan fingerprint density at radius 3 is 2.15 bits per heavy atom. The van der Waals surface area contributed by atoms with Crippen LogP contribution in [0.5, 0.6) is 0 Å². The molecule has 1 N–H and O–H groups in total. The normalized spacial score (nSPS) is 15.3. The molecule has 0 spiro atoms. The maximum atomic E-state index is 3.63. The van der Waals surface area contributed by atoms with E-state index in [1.165, 1.54) is 66.0 Å². The van der Waals surface area contributed by atoms with Crippen molar-refractivity contribution in [2.24, 2.45) is 5.92 Å². The smallest absolute Gasteiger partial charge is 0.0465 e. The van der Waals surface area contributed by atoms with Crippen molar-refractivity contribution in [1.82, 2.24) is 4.98 Å².